The predicted octanol–water partition coefficient (Wildman–Crippen LogP) is -0.377. The summed E-state index contributed by atoms with van der Waals surface area (Å²) in [5, 5.41) is 13.4. The number of nitrogens with zero attached hydrogens (tertiary/aromatic N) is 3. The van der Waals surface area contributed by atoms with Crippen molar-refractivity contribution in [3.05, 3.63) is 28.2 Å². The number of hydrogen-bond donors (Lipinski definition) is 1. The highest BCUT2D eigenvalue weighted by Gasteiger charge is 2.30. The smallest absolute Gasteiger partial charge is 0.274 e. The molecule has 1 aromatic rings. The highest BCUT2D eigenvalue weighted by atomic mass is 16.3. The third-order valence-corrected chi connectivity index (χ3v) is 3.37. The first-order valence-corrected chi connectivity index (χ1v) is 6.00. The number of carbonyl (C=O) groups is 1. The van der Waals surface area contributed by atoms with Gasteiger partial charge in [0.1, 0.15) is 5.69 Å². The van der Waals surface area contributed by atoms with Crippen molar-refractivity contribution in [3.63, 3.8) is 0 Å². The van der Waals surface area contributed by atoms with Crippen LogP contribution in [0.2, 0.25) is 0 Å². The Kier molecular flexibility index (Phi) is 3.47. The van der Waals surface area contributed by atoms with Crippen molar-refractivity contribution in [1.82, 2.24) is 14.7 Å². The summed E-state index contributed by atoms with van der Waals surface area (Å²) in [5.41, 5.74) is 0.0261. The maximum absolute atomic E-state index is 12.1. The summed E-state index contributed by atoms with van der Waals surface area (Å²) in [4.78, 5) is 25.0. The fraction of sp³-hybridized carbons (Fsp3) is 0.583. The number of aryl methyl sites for hydroxylation is 1. The third-order valence-electron chi connectivity index (χ3n) is 3.37. The van der Waals surface area contributed by atoms with Crippen LogP contribution < -0.4 is 5.56 Å². The molecule has 1 aromatic heterocycles. The molecule has 2 unspecified atom stereocenters. The Hall–Kier alpha value is -1.69. The van der Waals surface area contributed by atoms with E-state index in [1.54, 1.807) is 11.8 Å². The first-order valence-electron chi connectivity index (χ1n) is 6.00. The third kappa shape index (κ3) is 2.43. The van der Waals surface area contributed by atoms with Crippen LogP contribution in [0.5, 0.6) is 0 Å². The van der Waals surface area contributed by atoms with E-state index < -0.39 is 6.10 Å². The number of amides is 1. The van der Waals surface area contributed by atoms with Crippen LogP contribution >= 0.6 is 0 Å². The normalized spacial score (nSPS) is 21.1. The molecule has 2 rings (SSSR count). The fourth-order valence-electron chi connectivity index (χ4n) is 2.14. The number of aromatic nitrogens is 2. The van der Waals surface area contributed by atoms with Crippen molar-refractivity contribution < 1.29 is 9.90 Å². The van der Waals surface area contributed by atoms with Gasteiger partial charge in [0.2, 0.25) is 0 Å². The molecule has 1 aliphatic heterocycles. The zero-order valence-corrected chi connectivity index (χ0v) is 10.5. The standard InChI is InChI=1S/C12H17N3O3/c1-8(16)9-5-6-15(7-9)12(18)10-3-4-11(17)14(2)13-10/h3-4,8-9,16H,5-7H2,1-2H3. The molecule has 0 aliphatic carbocycles. The summed E-state index contributed by atoms with van der Waals surface area (Å²) >= 11 is 0. The molecule has 6 nitrogen and oxygen atoms in total. The molecule has 18 heavy (non-hydrogen) atoms. The minimum atomic E-state index is -0.407. The van der Waals surface area contributed by atoms with Gasteiger partial charge in [-0.3, -0.25) is 9.59 Å². The van der Waals surface area contributed by atoms with E-state index in [0.717, 1.165) is 11.1 Å². The zero-order chi connectivity index (χ0) is 13.3. The molecule has 2 heterocycles. The summed E-state index contributed by atoms with van der Waals surface area (Å²) in [6, 6.07) is 2.78. The lowest BCUT2D eigenvalue weighted by Crippen LogP contribution is -2.32. The van der Waals surface area contributed by atoms with Crippen LogP contribution in [-0.4, -0.2) is 44.9 Å². The van der Waals surface area contributed by atoms with Gasteiger partial charge in [0.25, 0.3) is 11.5 Å². The summed E-state index contributed by atoms with van der Waals surface area (Å²) in [6.45, 7) is 2.91. The van der Waals surface area contributed by atoms with E-state index in [1.165, 1.54) is 19.2 Å². The minimum Gasteiger partial charge on any atom is -0.393 e. The quantitative estimate of drug-likeness (QED) is 0.777. The topological polar surface area (TPSA) is 75.4 Å². The maximum atomic E-state index is 12.1. The maximum Gasteiger partial charge on any atom is 0.274 e. The van der Waals surface area contributed by atoms with E-state index in [1.807, 2.05) is 0 Å². The van der Waals surface area contributed by atoms with Crippen LogP contribution in [0.1, 0.15) is 23.8 Å². The van der Waals surface area contributed by atoms with E-state index >= 15 is 0 Å². The van der Waals surface area contributed by atoms with Crippen molar-refractivity contribution in [2.45, 2.75) is 19.4 Å². The van der Waals surface area contributed by atoms with Gasteiger partial charge >= 0.3 is 0 Å². The second kappa shape index (κ2) is 4.89. The molecule has 1 amide bonds. The molecule has 2 atom stereocenters. The van der Waals surface area contributed by atoms with Crippen LogP contribution in [0.15, 0.2) is 16.9 Å². The predicted molar refractivity (Wildman–Crippen MR) is 65.2 cm³/mol. The molecule has 6 heteroatoms. The molecular formula is C12H17N3O3. The molecule has 1 N–H and O–H groups in total. The minimum absolute atomic E-state index is 0.126. The van der Waals surface area contributed by atoms with Gasteiger partial charge in [0.15, 0.2) is 0 Å². The van der Waals surface area contributed by atoms with Gasteiger partial charge in [0.05, 0.1) is 6.10 Å². The van der Waals surface area contributed by atoms with Crippen molar-refractivity contribution >= 4 is 5.91 Å². The van der Waals surface area contributed by atoms with Gasteiger partial charge in [-0.25, -0.2) is 4.68 Å². The molecule has 1 fully saturated rings. The molecule has 0 radical (unpaired) electrons. The average molecular weight is 251 g/mol. The van der Waals surface area contributed by atoms with E-state index in [2.05, 4.69) is 5.10 Å². The van der Waals surface area contributed by atoms with Gasteiger partial charge < -0.3 is 10.0 Å². The number of carbonyl (C=O) groups excluding carboxylic acids is 1. The fourth-order valence-corrected chi connectivity index (χ4v) is 2.14. The van der Waals surface area contributed by atoms with E-state index in [0.29, 0.717) is 13.1 Å². The van der Waals surface area contributed by atoms with Gasteiger partial charge in [-0.1, -0.05) is 0 Å². The summed E-state index contributed by atoms with van der Waals surface area (Å²) in [5.74, 6) is -0.0600. The van der Waals surface area contributed by atoms with Crippen molar-refractivity contribution in [3.8, 4) is 0 Å². The van der Waals surface area contributed by atoms with E-state index in [-0.39, 0.29) is 23.1 Å². The number of aliphatic hydroxyl groups is 1. The van der Waals surface area contributed by atoms with Gasteiger partial charge in [-0.2, -0.15) is 5.10 Å². The molecule has 1 saturated heterocycles. The van der Waals surface area contributed by atoms with Crippen LogP contribution in [0.3, 0.4) is 0 Å². The van der Waals surface area contributed by atoms with Crippen molar-refractivity contribution in [2.24, 2.45) is 13.0 Å². The van der Waals surface area contributed by atoms with Crippen LogP contribution in [0, 0.1) is 5.92 Å². The number of aliphatic hydroxyl groups excluding tert-OH is 1. The molecule has 0 bridgehead atoms. The van der Waals surface area contributed by atoms with E-state index in [9.17, 15) is 14.7 Å². The van der Waals surface area contributed by atoms with Crippen molar-refractivity contribution in [2.75, 3.05) is 13.1 Å². The first kappa shape index (κ1) is 12.8. The highest BCUT2D eigenvalue weighted by molar-refractivity contribution is 5.92. The second-order valence-corrected chi connectivity index (χ2v) is 4.72. The molecule has 0 saturated carbocycles. The Bertz CT molecular complexity index is 510. The van der Waals surface area contributed by atoms with Crippen molar-refractivity contribution in [1.29, 1.82) is 0 Å². The summed E-state index contributed by atoms with van der Waals surface area (Å²) < 4.78 is 1.15. The lowest BCUT2D eigenvalue weighted by atomic mass is 10.0. The lowest BCUT2D eigenvalue weighted by Gasteiger charge is -2.17. The number of hydrogen-bond acceptors (Lipinski definition) is 4. The molecule has 0 aromatic carbocycles. The van der Waals surface area contributed by atoms with Crippen LogP contribution in [-0.2, 0) is 7.05 Å². The largest absolute Gasteiger partial charge is 0.393 e. The molecule has 98 valence electrons. The van der Waals surface area contributed by atoms with Crippen LogP contribution in [0.25, 0.3) is 0 Å². The number of rotatable bonds is 2. The Morgan fingerprint density at radius 3 is 2.83 bits per heavy atom. The summed E-state index contributed by atoms with van der Waals surface area (Å²) in [7, 11) is 1.52. The number of likely N-dealkylation sites (tertiary alicyclic amines) is 1. The van der Waals surface area contributed by atoms with Gasteiger partial charge in [-0.15, -0.1) is 0 Å². The molecular weight excluding hydrogens is 234 g/mol. The first-order chi connectivity index (χ1) is 8.49. The lowest BCUT2D eigenvalue weighted by molar-refractivity contribution is 0.0754. The summed E-state index contributed by atoms with van der Waals surface area (Å²) in [6.07, 6.45) is 0.394. The van der Waals surface area contributed by atoms with Gasteiger partial charge in [0, 0.05) is 32.1 Å². The van der Waals surface area contributed by atoms with Crippen LogP contribution in [0.4, 0.5) is 0 Å². The Labute approximate surface area is 105 Å². The highest BCUT2D eigenvalue weighted by Crippen LogP contribution is 2.20. The average Bonchev–Trinajstić information content (AvgIpc) is 2.81. The van der Waals surface area contributed by atoms with E-state index in [4.69, 9.17) is 0 Å². The Morgan fingerprint density at radius 1 is 1.56 bits per heavy atom. The SMILES string of the molecule is CC(O)C1CCN(C(=O)c2ccc(=O)n(C)n2)C1. The van der Waals surface area contributed by atoms with Gasteiger partial charge in [-0.05, 0) is 19.4 Å². The molecule has 1 aliphatic rings. The Morgan fingerprint density at radius 2 is 2.28 bits per heavy atom. The second-order valence-electron chi connectivity index (χ2n) is 4.72. The monoisotopic (exact) mass is 251 g/mol. The Balaban J connectivity index is 2.13. The zero-order valence-electron chi connectivity index (χ0n) is 10.5. The molecule has 0 spiro atoms.